The monoisotopic (exact) mass is 605 g/mol. The van der Waals surface area contributed by atoms with E-state index in [1.54, 1.807) is 0 Å². The second kappa shape index (κ2) is 8.57. The number of benzene rings is 6. The largest absolute Gasteiger partial charge is 0.308 e. The van der Waals surface area contributed by atoms with E-state index in [1.807, 2.05) is 6.07 Å². The van der Waals surface area contributed by atoms with Crippen molar-refractivity contribution >= 4 is 44.9 Å². The van der Waals surface area contributed by atoms with Crippen LogP contribution in [0.1, 0.15) is 40.4 Å². The van der Waals surface area contributed by atoms with Crippen LogP contribution in [-0.4, -0.2) is 4.40 Å². The third-order valence-corrected chi connectivity index (χ3v) is 11.5. The highest BCUT2D eigenvalue weighted by Gasteiger charge is 2.52. The van der Waals surface area contributed by atoms with Crippen molar-refractivity contribution in [2.24, 2.45) is 5.92 Å². The smallest absolute Gasteiger partial charge is 0.0726 e. The average Bonchev–Trinajstić information content (AvgIpc) is 3.79. The van der Waals surface area contributed by atoms with Gasteiger partial charge in [0.15, 0.2) is 0 Å². The highest BCUT2D eigenvalue weighted by atomic mass is 35.5. The Morgan fingerprint density at radius 2 is 1.28 bits per heavy atom. The molecule has 11 rings (SSSR count). The molecule has 1 spiro atoms. The van der Waals surface area contributed by atoms with Crippen LogP contribution in [0.3, 0.4) is 0 Å². The van der Waals surface area contributed by atoms with Crippen LogP contribution in [0.2, 0.25) is 5.02 Å². The van der Waals surface area contributed by atoms with Gasteiger partial charge in [-0.1, -0.05) is 134 Å². The number of fused-ring (bicyclic) bond motifs is 16. The van der Waals surface area contributed by atoms with Crippen molar-refractivity contribution in [1.82, 2.24) is 4.40 Å². The van der Waals surface area contributed by atoms with Crippen molar-refractivity contribution in [3.8, 4) is 33.4 Å². The van der Waals surface area contributed by atoms with Gasteiger partial charge in [0, 0.05) is 32.4 Å². The van der Waals surface area contributed by atoms with Gasteiger partial charge in [0.05, 0.1) is 16.4 Å². The highest BCUT2D eigenvalue weighted by Crippen LogP contribution is 2.64. The quantitative estimate of drug-likeness (QED) is 0.175. The van der Waals surface area contributed by atoms with Crippen LogP contribution in [0.5, 0.6) is 0 Å². The van der Waals surface area contributed by atoms with Crippen LogP contribution in [0.15, 0.2) is 127 Å². The Morgan fingerprint density at radius 1 is 0.630 bits per heavy atom. The second-order valence-electron chi connectivity index (χ2n) is 13.4. The zero-order chi connectivity index (χ0) is 30.3. The minimum Gasteiger partial charge on any atom is -0.308 e. The van der Waals surface area contributed by atoms with Crippen molar-refractivity contribution in [1.29, 1.82) is 0 Å². The molecule has 0 saturated heterocycles. The minimum atomic E-state index is -0.418. The normalized spacial score (nSPS) is 18.8. The molecular formula is C44H28ClN. The summed E-state index contributed by atoms with van der Waals surface area (Å²) in [6.07, 6.45) is 5.82. The van der Waals surface area contributed by atoms with E-state index in [9.17, 15) is 0 Å². The Morgan fingerprint density at radius 3 is 2.11 bits per heavy atom. The molecule has 46 heavy (non-hydrogen) atoms. The SMILES string of the molecule is CC1C=Cc2c(c3cccc4c5ccc(-c6cccc7c6-c6ccccc6C76c7ccccc7-c7c(Cl)cccc76)cc5n2c34)C1. The number of halogens is 1. The molecule has 0 saturated carbocycles. The molecule has 0 amide bonds. The zero-order valence-electron chi connectivity index (χ0n) is 25.3. The molecule has 6 aromatic carbocycles. The van der Waals surface area contributed by atoms with Crippen LogP contribution < -0.4 is 0 Å². The van der Waals surface area contributed by atoms with Crippen molar-refractivity contribution in [2.45, 2.75) is 18.8 Å². The van der Waals surface area contributed by atoms with Gasteiger partial charge >= 0.3 is 0 Å². The molecular weight excluding hydrogens is 578 g/mol. The first-order chi connectivity index (χ1) is 22.7. The Hall–Kier alpha value is -5.11. The first-order valence-corrected chi connectivity index (χ1v) is 16.7. The number of rotatable bonds is 1. The van der Waals surface area contributed by atoms with E-state index in [0.717, 1.165) is 17.0 Å². The summed E-state index contributed by atoms with van der Waals surface area (Å²) < 4.78 is 2.53. The van der Waals surface area contributed by atoms with E-state index in [1.165, 1.54) is 88.5 Å². The zero-order valence-corrected chi connectivity index (χ0v) is 26.1. The van der Waals surface area contributed by atoms with E-state index in [-0.39, 0.29) is 0 Å². The Balaban J connectivity index is 1.23. The maximum absolute atomic E-state index is 7.01. The first kappa shape index (κ1) is 25.1. The van der Waals surface area contributed by atoms with Crippen LogP contribution in [0.4, 0.5) is 0 Å². The fourth-order valence-corrected chi connectivity index (χ4v) is 9.74. The number of allylic oxidation sites excluding steroid dienone is 1. The summed E-state index contributed by atoms with van der Waals surface area (Å²) in [5.41, 5.74) is 17.8. The third-order valence-electron chi connectivity index (χ3n) is 11.2. The molecule has 0 N–H and O–H groups in total. The van der Waals surface area contributed by atoms with E-state index in [0.29, 0.717) is 5.92 Å². The van der Waals surface area contributed by atoms with Gasteiger partial charge in [-0.25, -0.2) is 0 Å². The topological polar surface area (TPSA) is 4.41 Å². The Bertz CT molecular complexity index is 2650. The van der Waals surface area contributed by atoms with Gasteiger partial charge in [-0.05, 0) is 86.2 Å². The maximum atomic E-state index is 7.01. The van der Waals surface area contributed by atoms with E-state index in [2.05, 4.69) is 139 Å². The van der Waals surface area contributed by atoms with Crippen LogP contribution >= 0.6 is 11.6 Å². The lowest BCUT2D eigenvalue weighted by atomic mass is 9.70. The second-order valence-corrected chi connectivity index (χ2v) is 13.8. The predicted molar refractivity (Wildman–Crippen MR) is 192 cm³/mol. The van der Waals surface area contributed by atoms with Crippen molar-refractivity contribution in [3.05, 3.63) is 166 Å². The fraction of sp³-hybridized carbons (Fsp3) is 0.0909. The highest BCUT2D eigenvalue weighted by molar-refractivity contribution is 6.34. The lowest BCUT2D eigenvalue weighted by molar-refractivity contribution is 0.719. The molecule has 1 nitrogen and oxygen atoms in total. The van der Waals surface area contributed by atoms with Gasteiger partial charge in [0.25, 0.3) is 0 Å². The van der Waals surface area contributed by atoms with Gasteiger partial charge in [-0.2, -0.15) is 0 Å². The Kier molecular flexibility index (Phi) is 4.68. The number of nitrogens with zero attached hydrogens (tertiary/aromatic N) is 1. The molecule has 2 heterocycles. The van der Waals surface area contributed by atoms with Crippen LogP contribution in [-0.2, 0) is 11.8 Å². The number of para-hydroxylation sites is 1. The van der Waals surface area contributed by atoms with Crippen LogP contribution in [0.25, 0.3) is 66.6 Å². The summed E-state index contributed by atoms with van der Waals surface area (Å²) in [7, 11) is 0. The predicted octanol–water partition coefficient (Wildman–Crippen LogP) is 11.6. The van der Waals surface area contributed by atoms with E-state index >= 15 is 0 Å². The lowest BCUT2D eigenvalue weighted by Crippen LogP contribution is -2.25. The van der Waals surface area contributed by atoms with Crippen molar-refractivity contribution in [2.75, 3.05) is 0 Å². The molecule has 3 aliphatic carbocycles. The number of hydrogen-bond donors (Lipinski definition) is 0. The number of hydrogen-bond acceptors (Lipinski definition) is 0. The van der Waals surface area contributed by atoms with Crippen molar-refractivity contribution < 1.29 is 0 Å². The summed E-state index contributed by atoms with van der Waals surface area (Å²) in [6, 6.07) is 45.3. The van der Waals surface area contributed by atoms with Crippen molar-refractivity contribution in [3.63, 3.8) is 0 Å². The average molecular weight is 606 g/mol. The fourth-order valence-electron chi connectivity index (χ4n) is 9.47. The molecule has 0 bridgehead atoms. The maximum Gasteiger partial charge on any atom is 0.0726 e. The molecule has 2 heteroatoms. The lowest BCUT2D eigenvalue weighted by Gasteiger charge is -2.30. The van der Waals surface area contributed by atoms with Crippen LogP contribution in [0, 0.1) is 5.92 Å². The molecule has 8 aromatic rings. The summed E-state index contributed by atoms with van der Waals surface area (Å²) >= 11 is 7.01. The molecule has 2 unspecified atom stereocenters. The number of aromatic nitrogens is 1. The first-order valence-electron chi connectivity index (χ1n) is 16.3. The third kappa shape index (κ3) is 2.81. The molecule has 2 aromatic heterocycles. The summed E-state index contributed by atoms with van der Waals surface area (Å²) in [6.45, 7) is 2.32. The van der Waals surface area contributed by atoms with Gasteiger partial charge in [0.1, 0.15) is 0 Å². The minimum absolute atomic E-state index is 0.418. The van der Waals surface area contributed by atoms with Gasteiger partial charge in [0.2, 0.25) is 0 Å². The van der Waals surface area contributed by atoms with E-state index in [4.69, 9.17) is 11.6 Å². The summed E-state index contributed by atoms with van der Waals surface area (Å²) in [5.74, 6) is 0.556. The molecule has 3 aliphatic rings. The van der Waals surface area contributed by atoms with Gasteiger partial charge in [-0.15, -0.1) is 0 Å². The standard InChI is InChI=1S/C44H28ClN/c1-25-19-22-39-33(23-25)30-13-6-12-29-28-21-20-26(24-40(28)46(39)43(29)30)27-11-7-16-36-41(27)31-9-2-4-14-34(31)44(36)35-15-5-3-10-32(35)42-37(44)17-8-18-38(42)45/h2-22,24-25H,23H2,1H3. The molecule has 0 fully saturated rings. The summed E-state index contributed by atoms with van der Waals surface area (Å²) in [4.78, 5) is 0. The molecule has 216 valence electrons. The Labute approximate surface area is 272 Å². The summed E-state index contributed by atoms with van der Waals surface area (Å²) in [5, 5.41) is 4.87. The molecule has 0 radical (unpaired) electrons. The molecule has 0 aliphatic heterocycles. The molecule has 2 atom stereocenters. The van der Waals surface area contributed by atoms with Gasteiger partial charge in [-0.3, -0.25) is 0 Å². The van der Waals surface area contributed by atoms with E-state index < -0.39 is 5.41 Å². The van der Waals surface area contributed by atoms with Gasteiger partial charge < -0.3 is 4.40 Å².